The Balaban J connectivity index is 2.04. The molecule has 1 fully saturated rings. The highest BCUT2D eigenvalue weighted by Crippen LogP contribution is 2.44. The molecule has 1 saturated heterocycles. The van der Waals surface area contributed by atoms with E-state index in [9.17, 15) is 0 Å². The van der Waals surface area contributed by atoms with E-state index in [0.29, 0.717) is 12.0 Å². The quantitative estimate of drug-likeness (QED) is 0.871. The van der Waals surface area contributed by atoms with Crippen LogP contribution in [0.5, 0.6) is 11.5 Å². The van der Waals surface area contributed by atoms with Crippen molar-refractivity contribution in [2.24, 2.45) is 0 Å². The van der Waals surface area contributed by atoms with Crippen LogP contribution in [0.15, 0.2) is 12.1 Å². The fourth-order valence-corrected chi connectivity index (χ4v) is 3.54. The van der Waals surface area contributed by atoms with Crippen LogP contribution in [-0.4, -0.2) is 26.8 Å². The molecule has 2 atom stereocenters. The second kappa shape index (κ2) is 4.81. The average molecular weight is 247 g/mol. The topological polar surface area (TPSA) is 30.5 Å². The molecule has 0 bridgehead atoms. The molecule has 1 heterocycles. The summed E-state index contributed by atoms with van der Waals surface area (Å²) in [7, 11) is 3.45. The maximum absolute atomic E-state index is 5.57. The van der Waals surface area contributed by atoms with E-state index in [0.717, 1.165) is 17.9 Å². The van der Waals surface area contributed by atoms with Crippen LogP contribution in [0.2, 0.25) is 0 Å². The maximum Gasteiger partial charge on any atom is 0.164 e. The second-order valence-corrected chi connectivity index (χ2v) is 5.22. The molecule has 3 heteroatoms. The lowest BCUT2D eigenvalue weighted by Gasteiger charge is -2.38. The van der Waals surface area contributed by atoms with Crippen molar-refractivity contribution in [1.82, 2.24) is 5.32 Å². The number of methoxy groups -OCH3 is 2. The monoisotopic (exact) mass is 247 g/mol. The van der Waals surface area contributed by atoms with Crippen molar-refractivity contribution in [3.8, 4) is 11.5 Å². The highest BCUT2D eigenvalue weighted by molar-refractivity contribution is 5.53. The average Bonchev–Trinajstić information content (AvgIpc) is 2.45. The third-order valence-electron chi connectivity index (χ3n) is 4.37. The number of fused-ring (bicyclic) bond motifs is 3. The van der Waals surface area contributed by atoms with Crippen molar-refractivity contribution >= 4 is 0 Å². The van der Waals surface area contributed by atoms with Gasteiger partial charge >= 0.3 is 0 Å². The van der Waals surface area contributed by atoms with Crippen molar-refractivity contribution in [2.75, 3.05) is 20.8 Å². The van der Waals surface area contributed by atoms with Gasteiger partial charge in [-0.15, -0.1) is 0 Å². The van der Waals surface area contributed by atoms with E-state index in [1.165, 1.54) is 36.9 Å². The normalized spacial score (nSPS) is 26.1. The van der Waals surface area contributed by atoms with E-state index < -0.39 is 0 Å². The molecule has 1 aromatic rings. The molecule has 1 aromatic carbocycles. The Bertz CT molecular complexity index is 444. The number of hydrogen-bond donors (Lipinski definition) is 1. The molecular formula is C15H21NO2. The Morgan fingerprint density at radius 3 is 2.83 bits per heavy atom. The molecule has 1 N–H and O–H groups in total. The summed E-state index contributed by atoms with van der Waals surface area (Å²) < 4.78 is 11.0. The fourth-order valence-electron chi connectivity index (χ4n) is 3.54. The van der Waals surface area contributed by atoms with Crippen LogP contribution in [-0.2, 0) is 6.42 Å². The second-order valence-electron chi connectivity index (χ2n) is 5.22. The summed E-state index contributed by atoms with van der Waals surface area (Å²) in [5.74, 6) is 2.46. The third kappa shape index (κ3) is 1.77. The van der Waals surface area contributed by atoms with Gasteiger partial charge < -0.3 is 14.8 Å². The van der Waals surface area contributed by atoms with Gasteiger partial charge in [-0.05, 0) is 49.8 Å². The van der Waals surface area contributed by atoms with E-state index in [1.807, 2.05) is 0 Å². The molecule has 1 unspecified atom stereocenters. The Labute approximate surface area is 108 Å². The maximum atomic E-state index is 5.57. The molecule has 18 heavy (non-hydrogen) atoms. The molecule has 1 aliphatic heterocycles. The molecule has 3 nitrogen and oxygen atoms in total. The lowest BCUT2D eigenvalue weighted by atomic mass is 9.75. The van der Waals surface area contributed by atoms with Crippen molar-refractivity contribution in [3.63, 3.8) is 0 Å². The van der Waals surface area contributed by atoms with Gasteiger partial charge in [-0.3, -0.25) is 0 Å². The summed E-state index contributed by atoms with van der Waals surface area (Å²) in [6.45, 7) is 1.17. The van der Waals surface area contributed by atoms with Crippen molar-refractivity contribution in [2.45, 2.75) is 37.6 Å². The molecule has 0 saturated carbocycles. The van der Waals surface area contributed by atoms with E-state index in [-0.39, 0.29) is 0 Å². The van der Waals surface area contributed by atoms with Gasteiger partial charge in [0.05, 0.1) is 14.2 Å². The first-order valence-electron chi connectivity index (χ1n) is 6.82. The van der Waals surface area contributed by atoms with Crippen LogP contribution in [0.3, 0.4) is 0 Å². The van der Waals surface area contributed by atoms with E-state index in [4.69, 9.17) is 9.47 Å². The zero-order valence-corrected chi connectivity index (χ0v) is 11.2. The molecule has 0 aromatic heterocycles. The Hall–Kier alpha value is -1.22. The Kier molecular flexibility index (Phi) is 3.16. The summed E-state index contributed by atoms with van der Waals surface area (Å²) in [5, 5.41) is 3.66. The van der Waals surface area contributed by atoms with Gasteiger partial charge in [-0.25, -0.2) is 0 Å². The molecule has 0 amide bonds. The largest absolute Gasteiger partial charge is 0.493 e. The molecular weight excluding hydrogens is 226 g/mol. The van der Waals surface area contributed by atoms with Gasteiger partial charge in [0.2, 0.25) is 0 Å². The van der Waals surface area contributed by atoms with Crippen molar-refractivity contribution in [3.05, 3.63) is 23.3 Å². The minimum absolute atomic E-state index is 0.655. The summed E-state index contributed by atoms with van der Waals surface area (Å²) in [6, 6.07) is 4.94. The standard InChI is InChI=1S/C15H21NO2/c1-17-14-8-6-10-11-4-3-9-16-13(11)7-5-12(10)15(14)18-2/h6,8,11,13,16H,3-5,7,9H2,1-2H3/t11-,13?/m0/s1. The number of hydrogen-bond acceptors (Lipinski definition) is 3. The van der Waals surface area contributed by atoms with Gasteiger partial charge in [-0.1, -0.05) is 6.07 Å². The van der Waals surface area contributed by atoms with Crippen LogP contribution in [0.25, 0.3) is 0 Å². The van der Waals surface area contributed by atoms with Crippen LogP contribution in [0, 0.1) is 0 Å². The number of rotatable bonds is 2. The van der Waals surface area contributed by atoms with E-state index in [2.05, 4.69) is 17.4 Å². The minimum atomic E-state index is 0.655. The lowest BCUT2D eigenvalue weighted by Crippen LogP contribution is -2.42. The van der Waals surface area contributed by atoms with E-state index in [1.54, 1.807) is 14.2 Å². The first-order chi connectivity index (χ1) is 8.85. The van der Waals surface area contributed by atoms with Crippen molar-refractivity contribution < 1.29 is 9.47 Å². The van der Waals surface area contributed by atoms with Crippen molar-refractivity contribution in [1.29, 1.82) is 0 Å². The summed E-state index contributed by atoms with van der Waals surface area (Å²) in [6.07, 6.45) is 4.86. The van der Waals surface area contributed by atoms with Crippen LogP contribution in [0.1, 0.15) is 36.3 Å². The number of benzene rings is 1. The smallest absolute Gasteiger partial charge is 0.164 e. The summed E-state index contributed by atoms with van der Waals surface area (Å²) >= 11 is 0. The van der Waals surface area contributed by atoms with Gasteiger partial charge in [0.15, 0.2) is 11.5 Å². The predicted octanol–water partition coefficient (Wildman–Crippen LogP) is 2.49. The summed E-state index contributed by atoms with van der Waals surface area (Å²) in [4.78, 5) is 0. The molecule has 0 radical (unpaired) electrons. The fraction of sp³-hybridized carbons (Fsp3) is 0.600. The first kappa shape index (κ1) is 11.8. The third-order valence-corrected chi connectivity index (χ3v) is 4.37. The molecule has 98 valence electrons. The number of ether oxygens (including phenoxy) is 2. The van der Waals surface area contributed by atoms with E-state index >= 15 is 0 Å². The summed E-state index contributed by atoms with van der Waals surface area (Å²) in [5.41, 5.74) is 2.83. The molecule has 0 spiro atoms. The van der Waals surface area contributed by atoms with Crippen LogP contribution in [0.4, 0.5) is 0 Å². The zero-order chi connectivity index (χ0) is 12.5. The van der Waals surface area contributed by atoms with Crippen LogP contribution >= 0.6 is 0 Å². The van der Waals surface area contributed by atoms with Crippen LogP contribution < -0.4 is 14.8 Å². The zero-order valence-electron chi connectivity index (χ0n) is 11.2. The number of nitrogens with one attached hydrogen (secondary N) is 1. The Morgan fingerprint density at radius 1 is 1.17 bits per heavy atom. The number of piperidine rings is 1. The molecule has 2 aliphatic rings. The highest BCUT2D eigenvalue weighted by atomic mass is 16.5. The van der Waals surface area contributed by atoms with Gasteiger partial charge in [0, 0.05) is 11.6 Å². The molecule has 3 rings (SSSR count). The predicted molar refractivity (Wildman–Crippen MR) is 71.6 cm³/mol. The SMILES string of the molecule is COc1ccc2c(c1OC)CCC1NCCC[C@@H]21. The highest BCUT2D eigenvalue weighted by Gasteiger charge is 2.33. The van der Waals surface area contributed by atoms with Gasteiger partial charge in [0.25, 0.3) is 0 Å². The first-order valence-corrected chi connectivity index (χ1v) is 6.82. The minimum Gasteiger partial charge on any atom is -0.493 e. The molecule has 1 aliphatic carbocycles. The van der Waals surface area contributed by atoms with Gasteiger partial charge in [0.1, 0.15) is 0 Å². The van der Waals surface area contributed by atoms with Gasteiger partial charge in [-0.2, -0.15) is 0 Å². The Morgan fingerprint density at radius 2 is 2.06 bits per heavy atom. The lowest BCUT2D eigenvalue weighted by molar-refractivity contribution is 0.307.